The molecule has 100 valence electrons. The van der Waals surface area contributed by atoms with Gasteiger partial charge in [0.05, 0.1) is 24.7 Å². The van der Waals surface area contributed by atoms with Gasteiger partial charge in [-0.15, -0.1) is 0 Å². The van der Waals surface area contributed by atoms with Crippen LogP contribution in [0.2, 0.25) is 0 Å². The van der Waals surface area contributed by atoms with Gasteiger partial charge in [-0.25, -0.2) is 9.97 Å². The first-order chi connectivity index (χ1) is 9.24. The van der Waals surface area contributed by atoms with Gasteiger partial charge in [0.1, 0.15) is 5.75 Å². The molecule has 0 amide bonds. The molecule has 0 atom stereocenters. The van der Waals surface area contributed by atoms with Crippen LogP contribution in [0.3, 0.4) is 0 Å². The molecule has 3 N–H and O–H groups in total. The molecule has 19 heavy (non-hydrogen) atoms. The van der Waals surface area contributed by atoms with E-state index in [0.29, 0.717) is 18.9 Å². The fourth-order valence-electron chi connectivity index (χ4n) is 1.75. The maximum absolute atomic E-state index is 5.46. The van der Waals surface area contributed by atoms with Crippen molar-refractivity contribution in [1.82, 2.24) is 9.97 Å². The van der Waals surface area contributed by atoms with Crippen LogP contribution in [0.4, 0.5) is 5.69 Å². The van der Waals surface area contributed by atoms with Gasteiger partial charge in [-0.05, 0) is 19.1 Å². The predicted octanol–water partition coefficient (Wildman–Crippen LogP) is 1.83. The predicted molar refractivity (Wildman–Crippen MR) is 76.3 cm³/mol. The van der Waals surface area contributed by atoms with Crippen LogP contribution in [-0.2, 0) is 0 Å². The average Bonchev–Trinajstić information content (AvgIpc) is 2.46. The van der Waals surface area contributed by atoms with E-state index in [1.807, 2.05) is 31.2 Å². The lowest BCUT2D eigenvalue weighted by Gasteiger charge is -2.09. The number of ether oxygens (including phenoxy) is 1. The molecule has 0 saturated heterocycles. The third kappa shape index (κ3) is 3.20. The molecule has 0 radical (unpaired) electrons. The number of nitrogens with two attached hydrogens (primary N) is 1. The lowest BCUT2D eigenvalue weighted by Crippen LogP contribution is -2.14. The lowest BCUT2D eigenvalue weighted by molar-refractivity contribution is 0.415. The highest BCUT2D eigenvalue weighted by molar-refractivity contribution is 5.59. The van der Waals surface area contributed by atoms with Crippen molar-refractivity contribution in [3.05, 3.63) is 36.2 Å². The van der Waals surface area contributed by atoms with E-state index in [4.69, 9.17) is 10.5 Å². The van der Waals surface area contributed by atoms with Crippen LogP contribution < -0.4 is 15.8 Å². The highest BCUT2D eigenvalue weighted by atomic mass is 16.5. The van der Waals surface area contributed by atoms with Gasteiger partial charge in [0.25, 0.3) is 0 Å². The summed E-state index contributed by atoms with van der Waals surface area (Å²) in [5.74, 6) is 1.48. The fraction of sp³-hybridized carbons (Fsp3) is 0.286. The topological polar surface area (TPSA) is 73.1 Å². The third-order valence-corrected chi connectivity index (χ3v) is 2.77. The Kier molecular flexibility index (Phi) is 4.30. The summed E-state index contributed by atoms with van der Waals surface area (Å²) in [5, 5.41) is 3.19. The number of benzene rings is 1. The van der Waals surface area contributed by atoms with Crippen LogP contribution in [0.1, 0.15) is 5.69 Å². The highest BCUT2D eigenvalue weighted by Crippen LogP contribution is 2.22. The van der Waals surface area contributed by atoms with E-state index in [-0.39, 0.29) is 0 Å². The Labute approximate surface area is 112 Å². The number of nitrogens with zero attached hydrogens (tertiary/aromatic N) is 2. The molecule has 5 heteroatoms. The Morgan fingerprint density at radius 3 is 2.89 bits per heavy atom. The summed E-state index contributed by atoms with van der Waals surface area (Å²) in [6, 6.07) is 7.70. The zero-order valence-electron chi connectivity index (χ0n) is 11.2. The summed E-state index contributed by atoms with van der Waals surface area (Å²) >= 11 is 0. The first-order valence-electron chi connectivity index (χ1n) is 6.16. The second-order valence-corrected chi connectivity index (χ2v) is 4.14. The Bertz CT molecular complexity index is 557. The number of aryl methyl sites for hydroxylation is 1. The van der Waals surface area contributed by atoms with Crippen LogP contribution in [0.15, 0.2) is 30.5 Å². The van der Waals surface area contributed by atoms with Crippen molar-refractivity contribution < 1.29 is 4.74 Å². The molecule has 1 aromatic heterocycles. The summed E-state index contributed by atoms with van der Waals surface area (Å²) in [4.78, 5) is 8.87. The molecule has 1 heterocycles. The summed E-state index contributed by atoms with van der Waals surface area (Å²) in [6.45, 7) is 3.24. The third-order valence-electron chi connectivity index (χ3n) is 2.77. The van der Waals surface area contributed by atoms with Gasteiger partial charge in [-0.3, -0.25) is 0 Å². The molecule has 0 saturated carbocycles. The molecule has 0 aliphatic heterocycles. The van der Waals surface area contributed by atoms with E-state index in [2.05, 4.69) is 15.3 Å². The second-order valence-electron chi connectivity index (χ2n) is 4.14. The van der Waals surface area contributed by atoms with E-state index < -0.39 is 0 Å². The Hall–Kier alpha value is -2.14. The molecule has 0 unspecified atom stereocenters. The van der Waals surface area contributed by atoms with Crippen LogP contribution in [-0.4, -0.2) is 30.2 Å². The van der Waals surface area contributed by atoms with Crippen molar-refractivity contribution in [3.63, 3.8) is 0 Å². The largest absolute Gasteiger partial charge is 0.497 e. The molecule has 2 rings (SSSR count). The van der Waals surface area contributed by atoms with Gasteiger partial charge in [-0.1, -0.05) is 12.1 Å². The maximum Gasteiger partial charge on any atom is 0.159 e. The average molecular weight is 258 g/mol. The molecule has 0 fully saturated rings. The smallest absolute Gasteiger partial charge is 0.159 e. The summed E-state index contributed by atoms with van der Waals surface area (Å²) < 4.78 is 5.20. The van der Waals surface area contributed by atoms with Gasteiger partial charge in [0.2, 0.25) is 0 Å². The first kappa shape index (κ1) is 13.3. The highest BCUT2D eigenvalue weighted by Gasteiger charge is 2.06. The quantitative estimate of drug-likeness (QED) is 0.856. The molecule has 0 aliphatic carbocycles. The van der Waals surface area contributed by atoms with Crippen LogP contribution in [0, 0.1) is 6.92 Å². The Morgan fingerprint density at radius 1 is 1.37 bits per heavy atom. The number of rotatable bonds is 5. The monoisotopic (exact) mass is 258 g/mol. The zero-order valence-corrected chi connectivity index (χ0v) is 11.2. The van der Waals surface area contributed by atoms with Crippen molar-refractivity contribution in [2.45, 2.75) is 6.92 Å². The fourth-order valence-corrected chi connectivity index (χ4v) is 1.75. The Morgan fingerprint density at radius 2 is 2.21 bits per heavy atom. The molecule has 2 aromatic rings. The SMILES string of the molecule is COc1cccc(-c2ncc(NCCN)c(C)n2)c1. The van der Waals surface area contributed by atoms with Gasteiger partial charge in [-0.2, -0.15) is 0 Å². The molecule has 0 spiro atoms. The molecule has 1 aromatic carbocycles. The summed E-state index contributed by atoms with van der Waals surface area (Å²) in [6.07, 6.45) is 1.78. The van der Waals surface area contributed by atoms with Gasteiger partial charge in [0.15, 0.2) is 5.82 Å². The van der Waals surface area contributed by atoms with Gasteiger partial charge >= 0.3 is 0 Å². The zero-order chi connectivity index (χ0) is 13.7. The number of aromatic nitrogens is 2. The standard InChI is InChI=1S/C14H18N4O/c1-10-13(16-7-6-15)9-17-14(18-10)11-4-3-5-12(8-11)19-2/h3-5,8-9,16H,6-7,15H2,1-2H3. The summed E-state index contributed by atoms with van der Waals surface area (Å²) in [7, 11) is 1.64. The van der Waals surface area contributed by atoms with Crippen LogP contribution in [0.5, 0.6) is 5.75 Å². The summed E-state index contributed by atoms with van der Waals surface area (Å²) in [5.41, 5.74) is 8.22. The molecular formula is C14H18N4O. The number of anilines is 1. The van der Waals surface area contributed by atoms with E-state index in [9.17, 15) is 0 Å². The van der Waals surface area contributed by atoms with Crippen LogP contribution in [0.25, 0.3) is 11.4 Å². The first-order valence-corrected chi connectivity index (χ1v) is 6.16. The number of hydrogen-bond acceptors (Lipinski definition) is 5. The second kappa shape index (κ2) is 6.15. The minimum absolute atomic E-state index is 0.580. The van der Waals surface area contributed by atoms with Crippen molar-refractivity contribution in [2.24, 2.45) is 5.73 Å². The molecule has 5 nitrogen and oxygen atoms in total. The normalized spacial score (nSPS) is 10.3. The molecular weight excluding hydrogens is 240 g/mol. The minimum Gasteiger partial charge on any atom is -0.497 e. The van der Waals surface area contributed by atoms with Crippen molar-refractivity contribution >= 4 is 5.69 Å². The van der Waals surface area contributed by atoms with Gasteiger partial charge < -0.3 is 15.8 Å². The molecule has 0 bridgehead atoms. The van der Waals surface area contributed by atoms with Gasteiger partial charge in [0, 0.05) is 18.7 Å². The molecule has 0 aliphatic rings. The maximum atomic E-state index is 5.46. The number of methoxy groups -OCH3 is 1. The van der Waals surface area contributed by atoms with E-state index >= 15 is 0 Å². The van der Waals surface area contributed by atoms with Crippen molar-refractivity contribution in [1.29, 1.82) is 0 Å². The van der Waals surface area contributed by atoms with Crippen molar-refractivity contribution in [3.8, 4) is 17.1 Å². The van der Waals surface area contributed by atoms with Crippen molar-refractivity contribution in [2.75, 3.05) is 25.5 Å². The number of hydrogen-bond donors (Lipinski definition) is 2. The van der Waals surface area contributed by atoms with Crippen LogP contribution >= 0.6 is 0 Å². The lowest BCUT2D eigenvalue weighted by atomic mass is 10.2. The number of nitrogens with one attached hydrogen (secondary N) is 1. The van der Waals surface area contributed by atoms with E-state index in [0.717, 1.165) is 22.7 Å². The minimum atomic E-state index is 0.580. The Balaban J connectivity index is 2.27. The van der Waals surface area contributed by atoms with E-state index in [1.54, 1.807) is 13.3 Å². The van der Waals surface area contributed by atoms with E-state index in [1.165, 1.54) is 0 Å².